The van der Waals surface area contributed by atoms with Gasteiger partial charge in [0.25, 0.3) is 0 Å². The third-order valence-corrected chi connectivity index (χ3v) is 6.72. The average Bonchev–Trinajstić information content (AvgIpc) is 2.93. The molecule has 0 bridgehead atoms. The van der Waals surface area contributed by atoms with Gasteiger partial charge in [0.2, 0.25) is 0 Å². The van der Waals surface area contributed by atoms with Crippen molar-refractivity contribution >= 4 is 29.7 Å². The number of nitrogens with zero attached hydrogens (tertiary/aromatic N) is 3. The minimum atomic E-state index is -5.09. The van der Waals surface area contributed by atoms with Crippen molar-refractivity contribution in [3.05, 3.63) is 58.7 Å². The third-order valence-electron chi connectivity index (χ3n) is 6.72. The molecule has 0 N–H and O–H groups in total. The first kappa shape index (κ1) is 32.3. The van der Waals surface area contributed by atoms with Gasteiger partial charge in [-0.1, -0.05) is 0 Å². The summed E-state index contributed by atoms with van der Waals surface area (Å²) in [5.74, 6) is 0. The van der Waals surface area contributed by atoms with Crippen LogP contribution < -0.4 is 9.80 Å². The highest BCUT2D eigenvalue weighted by Gasteiger charge is 2.41. The molecular weight excluding hydrogens is 576 g/mol. The quantitative estimate of drug-likeness (QED) is 0.270. The van der Waals surface area contributed by atoms with Crippen LogP contribution in [0, 0.1) is 0 Å². The van der Waals surface area contributed by atoms with Gasteiger partial charge in [0.1, 0.15) is 0 Å². The molecule has 0 saturated heterocycles. The summed E-state index contributed by atoms with van der Waals surface area (Å²) in [6, 6.07) is 3.88. The van der Waals surface area contributed by atoms with Gasteiger partial charge in [-0.25, -0.2) is 14.4 Å². The molecule has 1 aliphatic heterocycles. The summed E-state index contributed by atoms with van der Waals surface area (Å²) in [6.07, 6.45) is -12.7. The Morgan fingerprint density at radius 1 is 0.929 bits per heavy atom. The largest absolute Gasteiger partial charge is 0.453 e. The number of ether oxygens (including phenoxy) is 3. The van der Waals surface area contributed by atoms with Crippen molar-refractivity contribution in [2.45, 2.75) is 51.2 Å². The molecule has 42 heavy (non-hydrogen) atoms. The van der Waals surface area contributed by atoms with Crippen molar-refractivity contribution in [2.75, 3.05) is 37.7 Å². The van der Waals surface area contributed by atoms with Gasteiger partial charge in [-0.05, 0) is 62.2 Å². The molecular formula is C27H29F6N3O6. The Kier molecular flexibility index (Phi) is 9.53. The lowest BCUT2D eigenvalue weighted by atomic mass is 9.90. The number of carbonyl (C=O) groups excluding carboxylic acids is 3. The molecule has 0 aromatic heterocycles. The summed E-state index contributed by atoms with van der Waals surface area (Å²) in [5.41, 5.74) is -2.73. The second kappa shape index (κ2) is 12.4. The number of halogens is 6. The lowest BCUT2D eigenvalue weighted by Crippen LogP contribution is -2.47. The fraction of sp³-hybridized carbons (Fsp3) is 0.444. The number of hydrogen-bond donors (Lipinski definition) is 0. The van der Waals surface area contributed by atoms with Gasteiger partial charge < -0.3 is 14.2 Å². The predicted octanol–water partition coefficient (Wildman–Crippen LogP) is 6.99. The zero-order chi connectivity index (χ0) is 31.6. The summed E-state index contributed by atoms with van der Waals surface area (Å²) >= 11 is 0. The van der Waals surface area contributed by atoms with E-state index in [9.17, 15) is 40.7 Å². The number of carbonyl (C=O) groups is 3. The standard InChI is InChI=1S/C27H29F6N3O6/c1-6-42-25(39)36-15(2)9-22(20-13-19(7-8-21(20)36)34(3)23(37)40-4)35(24(38)41-5)14-16-10-17(26(28,29)30)12-18(11-16)27(31,32)33/h7-8,10-13,15,22H,6,9,14H2,1-5H3. The molecule has 2 aromatic carbocycles. The second-order valence-electron chi connectivity index (χ2n) is 9.45. The fourth-order valence-corrected chi connectivity index (χ4v) is 4.77. The van der Waals surface area contributed by atoms with Crippen LogP contribution in [0.3, 0.4) is 0 Å². The van der Waals surface area contributed by atoms with E-state index in [-0.39, 0.29) is 36.0 Å². The number of benzene rings is 2. The SMILES string of the molecule is CCOC(=O)N1c2ccc(N(C)C(=O)OC)cc2C(N(Cc2cc(C(F)(F)F)cc(C(F)(F)F)c2)C(=O)OC)CC1C. The lowest BCUT2D eigenvalue weighted by Gasteiger charge is -2.42. The Morgan fingerprint density at radius 3 is 2.00 bits per heavy atom. The van der Waals surface area contributed by atoms with E-state index in [2.05, 4.69) is 0 Å². The smallest absolute Gasteiger partial charge is 0.416 e. The third kappa shape index (κ3) is 6.82. The van der Waals surface area contributed by atoms with Crippen LogP contribution in [0.15, 0.2) is 36.4 Å². The highest BCUT2D eigenvalue weighted by Crippen LogP contribution is 2.44. The van der Waals surface area contributed by atoms with Crippen molar-refractivity contribution < 1.29 is 54.9 Å². The first-order chi connectivity index (χ1) is 19.5. The first-order valence-corrected chi connectivity index (χ1v) is 12.6. The summed E-state index contributed by atoms with van der Waals surface area (Å²) in [5, 5.41) is 0. The number of hydrogen-bond acceptors (Lipinski definition) is 6. The average molecular weight is 606 g/mol. The lowest BCUT2D eigenvalue weighted by molar-refractivity contribution is -0.143. The zero-order valence-electron chi connectivity index (χ0n) is 23.3. The Labute approximate surface area is 237 Å². The Bertz CT molecular complexity index is 1300. The predicted molar refractivity (Wildman–Crippen MR) is 138 cm³/mol. The van der Waals surface area contributed by atoms with E-state index < -0.39 is 66.0 Å². The molecule has 0 saturated carbocycles. The van der Waals surface area contributed by atoms with Crippen LogP contribution >= 0.6 is 0 Å². The van der Waals surface area contributed by atoms with Gasteiger partial charge in [-0.15, -0.1) is 0 Å². The second-order valence-corrected chi connectivity index (χ2v) is 9.45. The van der Waals surface area contributed by atoms with E-state index in [0.29, 0.717) is 12.1 Å². The molecule has 1 aliphatic rings. The van der Waals surface area contributed by atoms with Crippen LogP contribution in [-0.4, -0.2) is 57.1 Å². The van der Waals surface area contributed by atoms with E-state index >= 15 is 0 Å². The molecule has 2 aromatic rings. The van der Waals surface area contributed by atoms with Gasteiger partial charge in [0.05, 0.1) is 43.7 Å². The van der Waals surface area contributed by atoms with Crippen LogP contribution in [-0.2, 0) is 33.1 Å². The monoisotopic (exact) mass is 605 g/mol. The summed E-state index contributed by atoms with van der Waals surface area (Å²) in [6.45, 7) is 2.60. The summed E-state index contributed by atoms with van der Waals surface area (Å²) < 4.78 is 96.0. The van der Waals surface area contributed by atoms with Crippen LogP contribution in [0.4, 0.5) is 52.1 Å². The molecule has 0 aliphatic carbocycles. The summed E-state index contributed by atoms with van der Waals surface area (Å²) in [7, 11) is 3.58. The zero-order valence-corrected chi connectivity index (χ0v) is 23.3. The molecule has 1 heterocycles. The minimum Gasteiger partial charge on any atom is -0.453 e. The highest BCUT2D eigenvalue weighted by atomic mass is 19.4. The fourth-order valence-electron chi connectivity index (χ4n) is 4.77. The maximum Gasteiger partial charge on any atom is 0.416 e. The highest BCUT2D eigenvalue weighted by molar-refractivity contribution is 5.92. The molecule has 230 valence electrons. The van der Waals surface area contributed by atoms with E-state index in [1.807, 2.05) is 0 Å². The van der Waals surface area contributed by atoms with Crippen LogP contribution in [0.5, 0.6) is 0 Å². The minimum absolute atomic E-state index is 0.00258. The van der Waals surface area contributed by atoms with Gasteiger partial charge in [-0.3, -0.25) is 14.7 Å². The molecule has 0 fully saturated rings. The number of methoxy groups -OCH3 is 2. The first-order valence-electron chi connectivity index (χ1n) is 12.6. The number of alkyl halides is 6. The molecule has 0 radical (unpaired) electrons. The van der Waals surface area contributed by atoms with E-state index in [0.717, 1.165) is 24.0 Å². The van der Waals surface area contributed by atoms with Crippen molar-refractivity contribution in [1.82, 2.24) is 4.90 Å². The van der Waals surface area contributed by atoms with E-state index in [4.69, 9.17) is 14.2 Å². The van der Waals surface area contributed by atoms with Crippen LogP contribution in [0.1, 0.15) is 48.6 Å². The summed E-state index contributed by atoms with van der Waals surface area (Å²) in [4.78, 5) is 41.5. The molecule has 0 spiro atoms. The van der Waals surface area contributed by atoms with E-state index in [1.54, 1.807) is 13.8 Å². The maximum absolute atomic E-state index is 13.5. The molecule has 15 heteroatoms. The van der Waals surface area contributed by atoms with Crippen LogP contribution in [0.2, 0.25) is 0 Å². The van der Waals surface area contributed by atoms with Gasteiger partial charge in [0, 0.05) is 30.9 Å². The van der Waals surface area contributed by atoms with Crippen molar-refractivity contribution in [1.29, 1.82) is 0 Å². The molecule has 3 amide bonds. The Hall–Kier alpha value is -4.17. The Morgan fingerprint density at radius 2 is 1.50 bits per heavy atom. The number of rotatable bonds is 5. The number of amides is 3. The number of anilines is 2. The van der Waals surface area contributed by atoms with Gasteiger partial charge in [0.15, 0.2) is 0 Å². The van der Waals surface area contributed by atoms with Crippen LogP contribution in [0.25, 0.3) is 0 Å². The normalized spacial score (nSPS) is 16.8. The van der Waals surface area contributed by atoms with Gasteiger partial charge >= 0.3 is 30.6 Å². The van der Waals surface area contributed by atoms with Crippen molar-refractivity contribution in [2.24, 2.45) is 0 Å². The molecule has 3 rings (SSSR count). The molecule has 2 unspecified atom stereocenters. The van der Waals surface area contributed by atoms with E-state index in [1.165, 1.54) is 30.1 Å². The van der Waals surface area contributed by atoms with Crippen molar-refractivity contribution in [3.63, 3.8) is 0 Å². The Balaban J connectivity index is 2.21. The van der Waals surface area contributed by atoms with Crippen molar-refractivity contribution in [3.8, 4) is 0 Å². The van der Waals surface area contributed by atoms with Gasteiger partial charge in [-0.2, -0.15) is 26.3 Å². The molecule has 9 nitrogen and oxygen atoms in total. The topological polar surface area (TPSA) is 88.6 Å². The maximum atomic E-state index is 13.5. The number of fused-ring (bicyclic) bond motifs is 1. The molecule has 2 atom stereocenters.